The van der Waals surface area contributed by atoms with Gasteiger partial charge in [-0.25, -0.2) is 0 Å². The number of benzene rings is 2. The minimum absolute atomic E-state index is 0. The summed E-state index contributed by atoms with van der Waals surface area (Å²) in [6.07, 6.45) is 9.72. The van der Waals surface area contributed by atoms with Crippen LogP contribution in [0.1, 0.15) is 61.3 Å². The van der Waals surface area contributed by atoms with Gasteiger partial charge in [-0.05, 0) is 37.3 Å². The molecule has 1 aliphatic carbocycles. The molecule has 2 fully saturated rings. The Hall–Kier alpha value is -1.06. The van der Waals surface area contributed by atoms with Crippen LogP contribution in [0.25, 0.3) is 0 Å². The summed E-state index contributed by atoms with van der Waals surface area (Å²) in [7, 11) is 0. The first-order valence-electron chi connectivity index (χ1n) is 11.4. The van der Waals surface area contributed by atoms with E-state index in [1.807, 2.05) is 0 Å². The largest absolute Gasteiger partial charge is 0.298 e. The van der Waals surface area contributed by atoms with E-state index in [0.717, 1.165) is 12.5 Å². The molecule has 0 radical (unpaired) electrons. The van der Waals surface area contributed by atoms with Gasteiger partial charge in [0.05, 0.1) is 0 Å². The average molecular weight is 450 g/mol. The summed E-state index contributed by atoms with van der Waals surface area (Å²) in [4.78, 5) is 5.54. The van der Waals surface area contributed by atoms with Crippen LogP contribution in [0.4, 0.5) is 0 Å². The molecule has 1 atom stereocenters. The standard InChI is InChI=1S/C26H36N2.2ClH/c1-22-10-9-11-23(20-22)21-26(24-12-5-4-6-13-24)28-18-16-27(17-19-28)25-14-7-2-3-8-15-25;;/h4-6,9-13,20,25-26H,2-3,7-8,14-19,21H2,1H3;2*1H. The molecule has 4 rings (SSSR count). The van der Waals surface area contributed by atoms with E-state index in [0.29, 0.717) is 6.04 Å². The van der Waals surface area contributed by atoms with Crippen LogP contribution >= 0.6 is 24.8 Å². The van der Waals surface area contributed by atoms with Gasteiger partial charge in [0.2, 0.25) is 0 Å². The maximum atomic E-state index is 2.80. The summed E-state index contributed by atoms with van der Waals surface area (Å²) < 4.78 is 0. The summed E-state index contributed by atoms with van der Waals surface area (Å²) in [5, 5.41) is 0. The highest BCUT2D eigenvalue weighted by atomic mass is 35.5. The molecule has 0 bridgehead atoms. The van der Waals surface area contributed by atoms with Crippen LogP contribution < -0.4 is 0 Å². The quantitative estimate of drug-likeness (QED) is 0.483. The van der Waals surface area contributed by atoms with Gasteiger partial charge in [-0.15, -0.1) is 24.8 Å². The van der Waals surface area contributed by atoms with Crippen molar-refractivity contribution in [1.82, 2.24) is 9.80 Å². The number of aryl methyl sites for hydroxylation is 1. The molecular formula is C26H38Cl2N2. The second-order valence-electron chi connectivity index (χ2n) is 8.84. The Labute approximate surface area is 195 Å². The predicted octanol–water partition coefficient (Wildman–Crippen LogP) is 6.46. The number of piperazine rings is 1. The van der Waals surface area contributed by atoms with Gasteiger partial charge in [-0.2, -0.15) is 0 Å². The molecule has 2 nitrogen and oxygen atoms in total. The number of hydrogen-bond acceptors (Lipinski definition) is 2. The van der Waals surface area contributed by atoms with Gasteiger partial charge in [-0.1, -0.05) is 85.8 Å². The van der Waals surface area contributed by atoms with Crippen LogP contribution in [0.15, 0.2) is 54.6 Å². The normalized spacial score (nSPS) is 19.9. The van der Waals surface area contributed by atoms with Crippen LogP contribution in [0.5, 0.6) is 0 Å². The summed E-state index contributed by atoms with van der Waals surface area (Å²) in [6, 6.07) is 21.6. The number of halogens is 2. The first kappa shape index (κ1) is 25.2. The maximum Gasteiger partial charge on any atom is 0.0389 e. The van der Waals surface area contributed by atoms with E-state index >= 15 is 0 Å². The Balaban J connectivity index is 0.00000160. The zero-order valence-electron chi connectivity index (χ0n) is 18.3. The Morgan fingerprint density at radius 1 is 0.800 bits per heavy atom. The molecule has 1 heterocycles. The molecule has 1 saturated heterocycles. The van der Waals surface area contributed by atoms with Crippen molar-refractivity contribution in [2.45, 2.75) is 64.0 Å². The van der Waals surface area contributed by atoms with Crippen molar-refractivity contribution in [2.75, 3.05) is 26.2 Å². The molecule has 30 heavy (non-hydrogen) atoms. The lowest BCUT2D eigenvalue weighted by atomic mass is 9.95. The molecule has 0 amide bonds. The molecule has 1 saturated carbocycles. The first-order valence-corrected chi connectivity index (χ1v) is 11.4. The lowest BCUT2D eigenvalue weighted by Gasteiger charge is -2.42. The Morgan fingerprint density at radius 2 is 1.47 bits per heavy atom. The van der Waals surface area contributed by atoms with Crippen molar-refractivity contribution in [3.05, 3.63) is 71.3 Å². The smallest absolute Gasteiger partial charge is 0.0389 e. The summed E-state index contributed by atoms with van der Waals surface area (Å²) >= 11 is 0. The number of hydrogen-bond donors (Lipinski definition) is 0. The molecule has 1 unspecified atom stereocenters. The fraction of sp³-hybridized carbons (Fsp3) is 0.538. The van der Waals surface area contributed by atoms with E-state index in [4.69, 9.17) is 0 Å². The van der Waals surface area contributed by atoms with E-state index in [9.17, 15) is 0 Å². The highest BCUT2D eigenvalue weighted by Gasteiger charge is 2.28. The van der Waals surface area contributed by atoms with Crippen LogP contribution in [-0.4, -0.2) is 42.0 Å². The van der Waals surface area contributed by atoms with Crippen LogP contribution in [0, 0.1) is 6.92 Å². The molecule has 0 aromatic heterocycles. The Kier molecular flexibility index (Phi) is 10.7. The highest BCUT2D eigenvalue weighted by Crippen LogP contribution is 2.29. The van der Waals surface area contributed by atoms with Gasteiger partial charge in [0.15, 0.2) is 0 Å². The first-order chi connectivity index (χ1) is 13.8. The lowest BCUT2D eigenvalue weighted by molar-refractivity contribution is 0.0633. The second kappa shape index (κ2) is 12.7. The molecule has 1 aliphatic heterocycles. The van der Waals surface area contributed by atoms with Crippen molar-refractivity contribution >= 4 is 24.8 Å². The third-order valence-corrected chi connectivity index (χ3v) is 6.83. The van der Waals surface area contributed by atoms with E-state index in [2.05, 4.69) is 71.3 Å². The predicted molar refractivity (Wildman–Crippen MR) is 133 cm³/mol. The molecule has 2 aromatic rings. The zero-order chi connectivity index (χ0) is 19.2. The van der Waals surface area contributed by atoms with E-state index < -0.39 is 0 Å². The Bertz CT molecular complexity index is 721. The summed E-state index contributed by atoms with van der Waals surface area (Å²) in [5.41, 5.74) is 4.29. The summed E-state index contributed by atoms with van der Waals surface area (Å²) in [6.45, 7) is 7.07. The van der Waals surface area contributed by atoms with Crippen molar-refractivity contribution in [1.29, 1.82) is 0 Å². The van der Waals surface area contributed by atoms with E-state index in [-0.39, 0.29) is 24.8 Å². The number of nitrogens with zero attached hydrogens (tertiary/aromatic N) is 2. The fourth-order valence-electron chi connectivity index (χ4n) is 5.23. The number of rotatable bonds is 5. The van der Waals surface area contributed by atoms with Gasteiger partial charge in [-0.3, -0.25) is 9.80 Å². The maximum absolute atomic E-state index is 2.80. The van der Waals surface area contributed by atoms with Gasteiger partial charge in [0, 0.05) is 38.3 Å². The van der Waals surface area contributed by atoms with E-state index in [1.54, 1.807) is 0 Å². The fourth-order valence-corrected chi connectivity index (χ4v) is 5.23. The molecule has 0 N–H and O–H groups in total. The Morgan fingerprint density at radius 3 is 2.10 bits per heavy atom. The van der Waals surface area contributed by atoms with Gasteiger partial charge >= 0.3 is 0 Å². The zero-order valence-corrected chi connectivity index (χ0v) is 20.0. The second-order valence-corrected chi connectivity index (χ2v) is 8.84. The lowest BCUT2D eigenvalue weighted by Crippen LogP contribution is -2.51. The van der Waals surface area contributed by atoms with Crippen LogP contribution in [-0.2, 0) is 6.42 Å². The van der Waals surface area contributed by atoms with Crippen molar-refractivity contribution in [2.24, 2.45) is 0 Å². The van der Waals surface area contributed by atoms with Gasteiger partial charge < -0.3 is 0 Å². The third-order valence-electron chi connectivity index (χ3n) is 6.83. The van der Waals surface area contributed by atoms with Gasteiger partial charge in [0.25, 0.3) is 0 Å². The topological polar surface area (TPSA) is 6.48 Å². The van der Waals surface area contributed by atoms with Gasteiger partial charge in [0.1, 0.15) is 0 Å². The monoisotopic (exact) mass is 448 g/mol. The van der Waals surface area contributed by atoms with Crippen molar-refractivity contribution < 1.29 is 0 Å². The summed E-state index contributed by atoms with van der Waals surface area (Å²) in [5.74, 6) is 0. The molecule has 4 heteroatoms. The average Bonchev–Trinajstić information content (AvgIpc) is 3.03. The molecule has 166 valence electrons. The van der Waals surface area contributed by atoms with Crippen LogP contribution in [0.3, 0.4) is 0 Å². The van der Waals surface area contributed by atoms with Crippen molar-refractivity contribution in [3.8, 4) is 0 Å². The molecular weight excluding hydrogens is 411 g/mol. The van der Waals surface area contributed by atoms with E-state index in [1.165, 1.54) is 81.4 Å². The minimum Gasteiger partial charge on any atom is -0.298 e. The highest BCUT2D eigenvalue weighted by molar-refractivity contribution is 5.85. The molecule has 0 spiro atoms. The van der Waals surface area contributed by atoms with Crippen LogP contribution in [0.2, 0.25) is 0 Å². The molecule has 2 aromatic carbocycles. The third kappa shape index (κ3) is 6.72. The minimum atomic E-state index is 0. The van der Waals surface area contributed by atoms with Crippen molar-refractivity contribution in [3.63, 3.8) is 0 Å². The SMILES string of the molecule is Cc1cccc(CC(c2ccccc2)N2CCN(C3CCCCCC3)CC2)c1.Cl.Cl. The molecule has 2 aliphatic rings.